The van der Waals surface area contributed by atoms with Gasteiger partial charge in [-0.05, 0) is 43.5 Å². The number of hydrogen-bond acceptors (Lipinski definition) is 2. The Balaban J connectivity index is 1.87. The Hall–Kier alpha value is -0.860. The van der Waals surface area contributed by atoms with Gasteiger partial charge in [-0.1, -0.05) is 38.1 Å². The minimum atomic E-state index is 0.670. The number of likely N-dealkylation sites (tertiary alicyclic amines) is 1. The lowest BCUT2D eigenvalue weighted by Crippen LogP contribution is -2.45. The number of benzene rings is 1. The predicted molar refractivity (Wildman–Crippen MR) is 77.8 cm³/mol. The fraction of sp³-hybridized carbons (Fsp3) is 0.625. The standard InChI is InChI=1S/C16H26N2/c1-3-14-8-5-6-9-15(14)12-17-16-10-7-11-18(4-2)13-16/h5-6,8-9,16-17H,3-4,7,10-13H2,1-2H3. The number of rotatable bonds is 5. The summed E-state index contributed by atoms with van der Waals surface area (Å²) in [6, 6.07) is 9.46. The van der Waals surface area contributed by atoms with E-state index in [-0.39, 0.29) is 0 Å². The van der Waals surface area contributed by atoms with Crippen LogP contribution in [0.5, 0.6) is 0 Å². The first-order valence-corrected chi connectivity index (χ1v) is 7.36. The van der Waals surface area contributed by atoms with E-state index in [1.807, 2.05) is 0 Å². The highest BCUT2D eigenvalue weighted by atomic mass is 15.2. The van der Waals surface area contributed by atoms with Crippen molar-refractivity contribution in [2.24, 2.45) is 0 Å². The second kappa shape index (κ2) is 6.91. The van der Waals surface area contributed by atoms with Gasteiger partial charge in [0.15, 0.2) is 0 Å². The maximum Gasteiger partial charge on any atom is 0.0211 e. The lowest BCUT2D eigenvalue weighted by Gasteiger charge is -2.32. The average Bonchev–Trinajstić information content (AvgIpc) is 2.45. The Morgan fingerprint density at radius 1 is 1.22 bits per heavy atom. The lowest BCUT2D eigenvalue weighted by atomic mass is 10.0. The first kappa shape index (κ1) is 13.6. The van der Waals surface area contributed by atoms with Crippen molar-refractivity contribution < 1.29 is 0 Å². The smallest absolute Gasteiger partial charge is 0.0211 e. The molecule has 1 N–H and O–H groups in total. The molecule has 1 heterocycles. The van der Waals surface area contributed by atoms with Gasteiger partial charge in [0.25, 0.3) is 0 Å². The summed E-state index contributed by atoms with van der Waals surface area (Å²) in [6.45, 7) is 9.19. The van der Waals surface area contributed by atoms with E-state index in [9.17, 15) is 0 Å². The third-order valence-corrected chi connectivity index (χ3v) is 4.03. The zero-order valence-corrected chi connectivity index (χ0v) is 11.8. The van der Waals surface area contributed by atoms with Crippen molar-refractivity contribution in [1.29, 1.82) is 0 Å². The molecule has 1 unspecified atom stereocenters. The number of aryl methyl sites for hydroxylation is 1. The molecule has 0 bridgehead atoms. The third-order valence-electron chi connectivity index (χ3n) is 4.03. The number of nitrogens with one attached hydrogen (secondary N) is 1. The van der Waals surface area contributed by atoms with Gasteiger partial charge in [0.2, 0.25) is 0 Å². The molecule has 0 amide bonds. The second-order valence-electron chi connectivity index (χ2n) is 5.24. The summed E-state index contributed by atoms with van der Waals surface area (Å²) in [6.07, 6.45) is 3.79. The SMILES string of the molecule is CCc1ccccc1CNC1CCCN(CC)C1. The fourth-order valence-electron chi connectivity index (χ4n) is 2.84. The zero-order valence-electron chi connectivity index (χ0n) is 11.8. The van der Waals surface area contributed by atoms with Crippen molar-refractivity contribution in [3.05, 3.63) is 35.4 Å². The van der Waals surface area contributed by atoms with Gasteiger partial charge in [-0.15, -0.1) is 0 Å². The monoisotopic (exact) mass is 246 g/mol. The quantitative estimate of drug-likeness (QED) is 0.859. The van der Waals surface area contributed by atoms with Crippen LogP contribution in [-0.4, -0.2) is 30.6 Å². The van der Waals surface area contributed by atoms with E-state index in [1.54, 1.807) is 0 Å². The van der Waals surface area contributed by atoms with Gasteiger partial charge in [-0.2, -0.15) is 0 Å². The number of nitrogens with zero attached hydrogens (tertiary/aromatic N) is 1. The van der Waals surface area contributed by atoms with Gasteiger partial charge >= 0.3 is 0 Å². The van der Waals surface area contributed by atoms with Crippen molar-refractivity contribution in [3.63, 3.8) is 0 Å². The molecule has 2 nitrogen and oxygen atoms in total. The molecule has 18 heavy (non-hydrogen) atoms. The van der Waals surface area contributed by atoms with Gasteiger partial charge in [0.1, 0.15) is 0 Å². The van der Waals surface area contributed by atoms with Crippen molar-refractivity contribution in [3.8, 4) is 0 Å². The number of likely N-dealkylation sites (N-methyl/N-ethyl adjacent to an activating group) is 1. The minimum absolute atomic E-state index is 0.670. The molecule has 1 fully saturated rings. The summed E-state index contributed by atoms with van der Waals surface area (Å²) in [5.41, 5.74) is 2.95. The molecule has 1 aromatic rings. The molecule has 2 rings (SSSR count). The topological polar surface area (TPSA) is 15.3 Å². The zero-order chi connectivity index (χ0) is 12.8. The third kappa shape index (κ3) is 3.56. The summed E-state index contributed by atoms with van der Waals surface area (Å²) in [7, 11) is 0. The van der Waals surface area contributed by atoms with Crippen LogP contribution in [0.25, 0.3) is 0 Å². The first-order chi connectivity index (χ1) is 8.83. The molecule has 1 aliphatic heterocycles. The molecular formula is C16H26N2. The van der Waals surface area contributed by atoms with Gasteiger partial charge in [0, 0.05) is 19.1 Å². The van der Waals surface area contributed by atoms with Crippen LogP contribution in [0.2, 0.25) is 0 Å². The van der Waals surface area contributed by atoms with Gasteiger partial charge in [0.05, 0.1) is 0 Å². The molecule has 0 radical (unpaired) electrons. The van der Waals surface area contributed by atoms with Gasteiger partial charge in [-0.3, -0.25) is 0 Å². The van der Waals surface area contributed by atoms with Gasteiger partial charge < -0.3 is 10.2 Å². The van der Waals surface area contributed by atoms with E-state index in [2.05, 4.69) is 48.3 Å². The van der Waals surface area contributed by atoms with Crippen molar-refractivity contribution >= 4 is 0 Å². The van der Waals surface area contributed by atoms with E-state index in [4.69, 9.17) is 0 Å². The van der Waals surface area contributed by atoms with E-state index in [0.29, 0.717) is 6.04 Å². The molecule has 1 saturated heterocycles. The Morgan fingerprint density at radius 2 is 2.00 bits per heavy atom. The van der Waals surface area contributed by atoms with Crippen LogP contribution in [0.4, 0.5) is 0 Å². The summed E-state index contributed by atoms with van der Waals surface area (Å²) in [4.78, 5) is 2.55. The van der Waals surface area contributed by atoms with E-state index >= 15 is 0 Å². The Labute approximate surface area is 111 Å². The van der Waals surface area contributed by atoms with Crippen LogP contribution >= 0.6 is 0 Å². The highest BCUT2D eigenvalue weighted by Gasteiger charge is 2.17. The molecule has 2 heteroatoms. The Kier molecular flexibility index (Phi) is 5.21. The lowest BCUT2D eigenvalue weighted by molar-refractivity contribution is 0.198. The molecule has 0 aliphatic carbocycles. The first-order valence-electron chi connectivity index (χ1n) is 7.36. The molecule has 0 spiro atoms. The molecule has 1 aliphatic rings. The van der Waals surface area contributed by atoms with Crippen molar-refractivity contribution in [2.45, 2.75) is 45.7 Å². The van der Waals surface area contributed by atoms with Crippen molar-refractivity contribution in [2.75, 3.05) is 19.6 Å². The summed E-state index contributed by atoms with van der Waals surface area (Å²) >= 11 is 0. The molecule has 100 valence electrons. The Morgan fingerprint density at radius 3 is 2.72 bits per heavy atom. The predicted octanol–water partition coefficient (Wildman–Crippen LogP) is 2.82. The number of piperidine rings is 1. The fourth-order valence-corrected chi connectivity index (χ4v) is 2.84. The van der Waals surface area contributed by atoms with Crippen LogP contribution < -0.4 is 5.32 Å². The van der Waals surface area contributed by atoms with Crippen LogP contribution in [-0.2, 0) is 13.0 Å². The maximum atomic E-state index is 3.74. The normalized spacial score (nSPS) is 21.1. The van der Waals surface area contributed by atoms with E-state index in [1.165, 1.54) is 43.6 Å². The Bertz CT molecular complexity index is 362. The highest BCUT2D eigenvalue weighted by molar-refractivity contribution is 5.26. The van der Waals surface area contributed by atoms with Crippen LogP contribution in [0, 0.1) is 0 Å². The summed E-state index contributed by atoms with van der Waals surface area (Å²) < 4.78 is 0. The maximum absolute atomic E-state index is 3.74. The molecule has 0 saturated carbocycles. The van der Waals surface area contributed by atoms with Crippen LogP contribution in [0.1, 0.15) is 37.8 Å². The molecule has 0 aromatic heterocycles. The molecule has 1 aromatic carbocycles. The minimum Gasteiger partial charge on any atom is -0.309 e. The van der Waals surface area contributed by atoms with Crippen LogP contribution in [0.15, 0.2) is 24.3 Å². The summed E-state index contributed by atoms with van der Waals surface area (Å²) in [5.74, 6) is 0. The van der Waals surface area contributed by atoms with E-state index in [0.717, 1.165) is 13.0 Å². The van der Waals surface area contributed by atoms with Crippen LogP contribution in [0.3, 0.4) is 0 Å². The van der Waals surface area contributed by atoms with Crippen molar-refractivity contribution in [1.82, 2.24) is 10.2 Å². The average molecular weight is 246 g/mol. The van der Waals surface area contributed by atoms with E-state index < -0.39 is 0 Å². The van der Waals surface area contributed by atoms with Gasteiger partial charge in [-0.25, -0.2) is 0 Å². The largest absolute Gasteiger partial charge is 0.309 e. The second-order valence-corrected chi connectivity index (χ2v) is 5.24. The summed E-state index contributed by atoms with van der Waals surface area (Å²) in [5, 5.41) is 3.74. The molecular weight excluding hydrogens is 220 g/mol. The number of hydrogen-bond donors (Lipinski definition) is 1. The highest BCUT2D eigenvalue weighted by Crippen LogP contribution is 2.13. The molecule has 1 atom stereocenters.